The zero-order chi connectivity index (χ0) is 19.8. The first-order valence-corrected chi connectivity index (χ1v) is 8.38. The number of hydrazine groups is 1. The smallest absolute Gasteiger partial charge is 0.265 e. The van der Waals surface area contributed by atoms with Crippen LogP contribution in [0, 0.1) is 5.41 Å². The van der Waals surface area contributed by atoms with E-state index in [0.717, 1.165) is 0 Å². The second-order valence-corrected chi connectivity index (χ2v) is 6.21. The highest BCUT2D eigenvalue weighted by Gasteiger charge is 2.31. The molecule has 4 rings (SSSR count). The summed E-state index contributed by atoms with van der Waals surface area (Å²) in [6.07, 6.45) is 0. The molecule has 0 unspecified atom stereocenters. The Labute approximate surface area is 158 Å². The van der Waals surface area contributed by atoms with Crippen molar-refractivity contribution in [3.05, 3.63) is 76.0 Å². The van der Waals surface area contributed by atoms with Crippen molar-refractivity contribution in [2.75, 3.05) is 11.4 Å². The van der Waals surface area contributed by atoms with Crippen molar-refractivity contribution in [3.8, 4) is 0 Å². The molecule has 1 amide bonds. The van der Waals surface area contributed by atoms with Crippen LogP contribution in [0.4, 0.5) is 5.69 Å². The van der Waals surface area contributed by atoms with Gasteiger partial charge in [0.1, 0.15) is 17.4 Å². The van der Waals surface area contributed by atoms with Crippen LogP contribution in [0.25, 0.3) is 16.5 Å². The van der Waals surface area contributed by atoms with E-state index in [4.69, 9.17) is 11.3 Å². The molecule has 0 radical (unpaired) electrons. The number of fused-ring (bicyclic) bond motifs is 1. The molecule has 2 heterocycles. The Morgan fingerprint density at radius 2 is 1.93 bits per heavy atom. The third-order valence-corrected chi connectivity index (χ3v) is 4.53. The average Bonchev–Trinajstić information content (AvgIpc) is 3.01. The number of hydrogen-bond acceptors (Lipinski definition) is 6. The van der Waals surface area contributed by atoms with E-state index in [1.807, 2.05) is 5.43 Å². The van der Waals surface area contributed by atoms with Gasteiger partial charge >= 0.3 is 0 Å². The largest absolute Gasteiger partial charge is 0.509 e. The second kappa shape index (κ2) is 6.63. The van der Waals surface area contributed by atoms with Gasteiger partial charge in [0.15, 0.2) is 0 Å². The first-order chi connectivity index (χ1) is 13.5. The molecule has 9 nitrogen and oxygen atoms in total. The van der Waals surface area contributed by atoms with Gasteiger partial charge in [0, 0.05) is 11.3 Å². The molecule has 140 valence electrons. The fourth-order valence-corrected chi connectivity index (χ4v) is 3.13. The summed E-state index contributed by atoms with van der Waals surface area (Å²) in [5.41, 5.74) is 3.31. The maximum absolute atomic E-state index is 12.3. The Kier molecular flexibility index (Phi) is 4.13. The van der Waals surface area contributed by atoms with Crippen molar-refractivity contribution < 1.29 is 9.90 Å². The summed E-state index contributed by atoms with van der Waals surface area (Å²) in [7, 11) is 0. The number of carbonyl (C=O) groups is 1. The standard InChI is InChI=1S/C19H16N6O3/c20-16-15(17-22-13-4-2-1-3-12(13)19(28)23-17)14(26)9-25(16)11-7-5-10(6-8-11)18(27)24-21/h1-8,20,26H,9,21H2,(H,24,27)(H,22,23,28). The van der Waals surface area contributed by atoms with E-state index < -0.39 is 5.91 Å². The van der Waals surface area contributed by atoms with Crippen molar-refractivity contribution in [1.29, 1.82) is 5.41 Å². The molecular formula is C19H16N6O3. The summed E-state index contributed by atoms with van der Waals surface area (Å²) in [6, 6.07) is 13.3. The number of nitrogens with zero attached hydrogens (tertiary/aromatic N) is 2. The number of amides is 1. The lowest BCUT2D eigenvalue weighted by molar-refractivity contribution is 0.0953. The van der Waals surface area contributed by atoms with Gasteiger partial charge in [-0.3, -0.25) is 20.4 Å². The number of aliphatic hydroxyl groups excluding tert-OH is 1. The van der Waals surface area contributed by atoms with Crippen molar-refractivity contribution in [3.63, 3.8) is 0 Å². The van der Waals surface area contributed by atoms with E-state index in [1.165, 1.54) is 0 Å². The van der Waals surface area contributed by atoms with Gasteiger partial charge in [0.25, 0.3) is 11.5 Å². The van der Waals surface area contributed by atoms with Crippen molar-refractivity contribution in [2.24, 2.45) is 5.84 Å². The minimum absolute atomic E-state index is 0.00745. The van der Waals surface area contributed by atoms with Crippen molar-refractivity contribution in [2.45, 2.75) is 0 Å². The van der Waals surface area contributed by atoms with E-state index in [-0.39, 0.29) is 35.1 Å². The van der Waals surface area contributed by atoms with E-state index in [9.17, 15) is 14.7 Å². The summed E-state index contributed by atoms with van der Waals surface area (Å²) in [4.78, 5) is 32.4. The highest BCUT2D eigenvalue weighted by atomic mass is 16.3. The zero-order valence-corrected chi connectivity index (χ0v) is 14.6. The van der Waals surface area contributed by atoms with E-state index >= 15 is 0 Å². The molecule has 2 aromatic carbocycles. The minimum Gasteiger partial charge on any atom is -0.509 e. The highest BCUT2D eigenvalue weighted by molar-refractivity contribution is 6.30. The molecule has 1 aliphatic rings. The fraction of sp³-hybridized carbons (Fsp3) is 0.0526. The first-order valence-electron chi connectivity index (χ1n) is 8.38. The van der Waals surface area contributed by atoms with Crippen LogP contribution in [0.5, 0.6) is 0 Å². The number of carbonyl (C=O) groups excluding carboxylic acids is 1. The molecule has 0 aliphatic carbocycles. The number of benzene rings is 2. The number of rotatable bonds is 3. The van der Waals surface area contributed by atoms with Gasteiger partial charge in [-0.25, -0.2) is 10.8 Å². The number of aromatic nitrogens is 2. The molecule has 1 aliphatic heterocycles. The Morgan fingerprint density at radius 3 is 2.64 bits per heavy atom. The summed E-state index contributed by atoms with van der Waals surface area (Å²) in [6.45, 7) is 0.0487. The number of nitrogens with one attached hydrogen (secondary N) is 3. The van der Waals surface area contributed by atoms with E-state index in [1.54, 1.807) is 53.4 Å². The topological polar surface area (TPSA) is 148 Å². The van der Waals surface area contributed by atoms with Crippen LogP contribution in [-0.2, 0) is 0 Å². The molecule has 0 bridgehead atoms. The first kappa shape index (κ1) is 17.4. The number of H-pyrrole nitrogens is 1. The summed E-state index contributed by atoms with van der Waals surface area (Å²) >= 11 is 0. The number of para-hydroxylation sites is 1. The third-order valence-electron chi connectivity index (χ3n) is 4.53. The highest BCUT2D eigenvalue weighted by Crippen LogP contribution is 2.29. The number of nitrogen functional groups attached to an aromatic ring is 1. The maximum Gasteiger partial charge on any atom is 0.265 e. The van der Waals surface area contributed by atoms with Crippen LogP contribution in [0.3, 0.4) is 0 Å². The lowest BCUT2D eigenvalue weighted by atomic mass is 10.1. The number of amidine groups is 1. The molecule has 0 spiro atoms. The van der Waals surface area contributed by atoms with Gasteiger partial charge in [-0.15, -0.1) is 0 Å². The van der Waals surface area contributed by atoms with Crippen LogP contribution in [0.2, 0.25) is 0 Å². The summed E-state index contributed by atoms with van der Waals surface area (Å²) in [5.74, 6) is 4.74. The molecule has 3 aromatic rings. The SMILES string of the molecule is N=C1C(c2nc3ccccc3c(=O)[nH]2)=C(O)CN1c1ccc(C(=O)NN)cc1. The molecule has 0 fully saturated rings. The molecule has 9 heteroatoms. The Hall–Kier alpha value is -3.98. The van der Waals surface area contributed by atoms with Gasteiger partial charge in [0.2, 0.25) is 0 Å². The number of aliphatic hydroxyl groups is 1. The van der Waals surface area contributed by atoms with Crippen LogP contribution in [0.1, 0.15) is 16.2 Å². The second-order valence-electron chi connectivity index (χ2n) is 6.21. The van der Waals surface area contributed by atoms with Crippen LogP contribution in [-0.4, -0.2) is 33.4 Å². The molecule has 6 N–H and O–H groups in total. The van der Waals surface area contributed by atoms with Crippen LogP contribution < -0.4 is 21.7 Å². The molecule has 1 aromatic heterocycles. The van der Waals surface area contributed by atoms with E-state index in [2.05, 4.69) is 9.97 Å². The van der Waals surface area contributed by atoms with Crippen LogP contribution in [0.15, 0.2) is 59.1 Å². The van der Waals surface area contributed by atoms with Crippen molar-refractivity contribution >= 4 is 33.9 Å². The quantitative estimate of drug-likeness (QED) is 0.264. The average molecular weight is 376 g/mol. The molecule has 0 saturated heterocycles. The van der Waals surface area contributed by atoms with Crippen LogP contribution >= 0.6 is 0 Å². The fourth-order valence-electron chi connectivity index (χ4n) is 3.13. The van der Waals surface area contributed by atoms with E-state index in [0.29, 0.717) is 22.2 Å². The molecule has 0 saturated carbocycles. The Balaban J connectivity index is 1.69. The minimum atomic E-state index is -0.428. The Bertz CT molecular complexity index is 1200. The molecular weight excluding hydrogens is 360 g/mol. The Morgan fingerprint density at radius 1 is 1.21 bits per heavy atom. The van der Waals surface area contributed by atoms with Gasteiger partial charge < -0.3 is 15.0 Å². The monoisotopic (exact) mass is 376 g/mol. The predicted molar refractivity (Wildman–Crippen MR) is 105 cm³/mol. The zero-order valence-electron chi connectivity index (χ0n) is 14.6. The lowest BCUT2D eigenvalue weighted by Gasteiger charge is -2.19. The van der Waals surface area contributed by atoms with Gasteiger partial charge in [0.05, 0.1) is 23.0 Å². The molecule has 28 heavy (non-hydrogen) atoms. The number of hydrogen-bond donors (Lipinski definition) is 5. The summed E-state index contributed by atoms with van der Waals surface area (Å²) in [5, 5.41) is 19.3. The van der Waals surface area contributed by atoms with Gasteiger partial charge in [-0.05, 0) is 36.4 Å². The maximum atomic E-state index is 12.3. The normalized spacial score (nSPS) is 14.0. The predicted octanol–water partition coefficient (Wildman–Crippen LogP) is 1.29. The van der Waals surface area contributed by atoms with Gasteiger partial charge in [-0.2, -0.15) is 0 Å². The summed E-state index contributed by atoms with van der Waals surface area (Å²) < 4.78 is 0. The number of anilines is 1. The number of nitrogens with two attached hydrogens (primary N) is 1. The lowest BCUT2D eigenvalue weighted by Crippen LogP contribution is -2.30. The third kappa shape index (κ3) is 2.79. The van der Waals surface area contributed by atoms with Crippen molar-refractivity contribution in [1.82, 2.24) is 15.4 Å². The van der Waals surface area contributed by atoms with Gasteiger partial charge in [-0.1, -0.05) is 12.1 Å². The number of aromatic amines is 1. The molecule has 0 atom stereocenters.